The third-order valence-corrected chi connectivity index (χ3v) is 3.62. The van der Waals surface area contributed by atoms with Crippen LogP contribution in [0.25, 0.3) is 0 Å². The molecule has 0 aromatic heterocycles. The van der Waals surface area contributed by atoms with Crippen molar-refractivity contribution >= 4 is 0 Å². The fraction of sp³-hybridized carbons (Fsp3) is 0.571. The predicted molar refractivity (Wildman–Crippen MR) is 70.0 cm³/mol. The van der Waals surface area contributed by atoms with Gasteiger partial charge in [0, 0.05) is 18.7 Å². The van der Waals surface area contributed by atoms with Gasteiger partial charge in [-0.25, -0.2) is 8.78 Å². The van der Waals surface area contributed by atoms with Gasteiger partial charge in [0.25, 0.3) is 0 Å². The second kappa shape index (κ2) is 6.41. The molecule has 0 radical (unpaired) electrons. The van der Waals surface area contributed by atoms with Crippen molar-refractivity contribution in [2.75, 3.05) is 33.3 Å². The monoisotopic (exact) mass is 270 g/mol. The van der Waals surface area contributed by atoms with Gasteiger partial charge in [-0.3, -0.25) is 4.90 Å². The lowest BCUT2D eigenvalue weighted by Gasteiger charge is -2.36. The Balaban J connectivity index is 2.24. The summed E-state index contributed by atoms with van der Waals surface area (Å²) in [5.41, 5.74) is 0.0629. The highest BCUT2D eigenvalue weighted by Gasteiger charge is 2.31. The summed E-state index contributed by atoms with van der Waals surface area (Å²) in [6, 6.07) is 3.46. The molecule has 1 fully saturated rings. The first-order valence-corrected chi connectivity index (χ1v) is 6.62. The van der Waals surface area contributed by atoms with Crippen molar-refractivity contribution in [2.45, 2.75) is 19.1 Å². The van der Waals surface area contributed by atoms with Gasteiger partial charge in [0.1, 0.15) is 11.6 Å². The lowest BCUT2D eigenvalue weighted by atomic mass is 9.99. The van der Waals surface area contributed by atoms with E-state index in [1.807, 2.05) is 0 Å². The summed E-state index contributed by atoms with van der Waals surface area (Å²) in [6.45, 7) is 5.11. The van der Waals surface area contributed by atoms with E-state index in [1.54, 1.807) is 7.05 Å². The lowest BCUT2D eigenvalue weighted by molar-refractivity contribution is -0.0455. The predicted octanol–water partition coefficient (Wildman–Crippen LogP) is 1.95. The van der Waals surface area contributed by atoms with Gasteiger partial charge < -0.3 is 10.1 Å². The summed E-state index contributed by atoms with van der Waals surface area (Å²) < 4.78 is 33.4. The van der Waals surface area contributed by atoms with Crippen LogP contribution in [-0.2, 0) is 4.74 Å². The number of rotatable bonds is 4. The number of hydrogen-bond donors (Lipinski definition) is 1. The summed E-state index contributed by atoms with van der Waals surface area (Å²) in [4.78, 5) is 2.22. The first kappa shape index (κ1) is 14.4. The van der Waals surface area contributed by atoms with Crippen LogP contribution in [-0.4, -0.2) is 44.3 Å². The first-order valence-electron chi connectivity index (χ1n) is 6.62. The lowest BCUT2D eigenvalue weighted by Crippen LogP contribution is -2.47. The molecule has 1 aliphatic heterocycles. The van der Waals surface area contributed by atoms with Crippen molar-refractivity contribution in [2.24, 2.45) is 0 Å². The molecule has 0 amide bonds. The molecule has 3 nitrogen and oxygen atoms in total. The molecule has 2 atom stereocenters. The minimum Gasteiger partial charge on any atom is -0.374 e. The number of morpholine rings is 1. The van der Waals surface area contributed by atoms with E-state index >= 15 is 0 Å². The van der Waals surface area contributed by atoms with Crippen LogP contribution >= 0.6 is 0 Å². The van der Waals surface area contributed by atoms with Crippen LogP contribution in [0, 0.1) is 11.6 Å². The molecule has 1 aromatic rings. The zero-order valence-corrected chi connectivity index (χ0v) is 11.3. The third kappa shape index (κ3) is 3.11. The standard InChI is InChI=1S/C14H20F2N2O/c1-3-18-7-8-19-12(9-18)14(17-2)13-10(15)5-4-6-11(13)16/h4-6,12,14,17H,3,7-9H2,1-2H3. The summed E-state index contributed by atoms with van der Waals surface area (Å²) in [5, 5.41) is 2.98. The van der Waals surface area contributed by atoms with E-state index in [0.717, 1.165) is 13.1 Å². The van der Waals surface area contributed by atoms with Gasteiger partial charge in [0.2, 0.25) is 0 Å². The molecule has 0 spiro atoms. The quantitative estimate of drug-likeness (QED) is 0.905. The summed E-state index contributed by atoms with van der Waals surface area (Å²) in [7, 11) is 1.70. The molecule has 2 rings (SSSR count). The number of halogens is 2. The van der Waals surface area contributed by atoms with Gasteiger partial charge in [-0.2, -0.15) is 0 Å². The zero-order chi connectivity index (χ0) is 13.8. The van der Waals surface area contributed by atoms with Crippen LogP contribution in [0.15, 0.2) is 18.2 Å². The smallest absolute Gasteiger partial charge is 0.131 e. The van der Waals surface area contributed by atoms with Gasteiger partial charge in [-0.15, -0.1) is 0 Å². The average molecular weight is 270 g/mol. The number of nitrogens with one attached hydrogen (secondary N) is 1. The molecule has 106 valence electrons. The summed E-state index contributed by atoms with van der Waals surface area (Å²) in [6.07, 6.45) is -0.245. The van der Waals surface area contributed by atoms with E-state index in [2.05, 4.69) is 17.1 Å². The van der Waals surface area contributed by atoms with Crippen LogP contribution in [0.1, 0.15) is 18.5 Å². The molecule has 1 saturated heterocycles. The maximum atomic E-state index is 13.9. The Bertz CT molecular complexity index is 408. The number of nitrogens with zero attached hydrogens (tertiary/aromatic N) is 1. The van der Waals surface area contributed by atoms with Crippen molar-refractivity contribution < 1.29 is 13.5 Å². The molecular weight excluding hydrogens is 250 g/mol. The number of benzene rings is 1. The second-order valence-corrected chi connectivity index (χ2v) is 4.70. The highest BCUT2D eigenvalue weighted by atomic mass is 19.1. The van der Waals surface area contributed by atoms with Crippen LogP contribution in [0.5, 0.6) is 0 Å². The molecule has 2 unspecified atom stereocenters. The van der Waals surface area contributed by atoms with Crippen molar-refractivity contribution in [3.05, 3.63) is 35.4 Å². The maximum absolute atomic E-state index is 13.9. The maximum Gasteiger partial charge on any atom is 0.131 e. The van der Waals surface area contributed by atoms with Crippen LogP contribution in [0.3, 0.4) is 0 Å². The number of likely N-dealkylation sites (N-methyl/N-ethyl adjacent to an activating group) is 2. The van der Waals surface area contributed by atoms with E-state index < -0.39 is 17.7 Å². The Kier molecular flexibility index (Phi) is 4.85. The fourth-order valence-corrected chi connectivity index (χ4v) is 2.54. The minimum absolute atomic E-state index is 0.0629. The van der Waals surface area contributed by atoms with Crippen LogP contribution in [0.4, 0.5) is 8.78 Å². The fourth-order valence-electron chi connectivity index (χ4n) is 2.54. The van der Waals surface area contributed by atoms with Gasteiger partial charge in [0.05, 0.1) is 18.8 Å². The Morgan fingerprint density at radius 3 is 2.68 bits per heavy atom. The largest absolute Gasteiger partial charge is 0.374 e. The second-order valence-electron chi connectivity index (χ2n) is 4.70. The molecule has 0 aliphatic carbocycles. The molecular formula is C14H20F2N2O. The first-order chi connectivity index (χ1) is 9.17. The summed E-state index contributed by atoms with van der Waals surface area (Å²) in [5.74, 6) is -1.06. The van der Waals surface area contributed by atoms with Crippen molar-refractivity contribution in [1.29, 1.82) is 0 Å². The van der Waals surface area contributed by atoms with Gasteiger partial charge in [-0.1, -0.05) is 13.0 Å². The highest BCUT2D eigenvalue weighted by molar-refractivity contribution is 5.24. The highest BCUT2D eigenvalue weighted by Crippen LogP contribution is 2.26. The molecule has 1 aromatic carbocycles. The van der Waals surface area contributed by atoms with E-state index in [4.69, 9.17) is 4.74 Å². The average Bonchev–Trinajstić information content (AvgIpc) is 2.43. The van der Waals surface area contributed by atoms with E-state index in [-0.39, 0.29) is 11.7 Å². The molecule has 0 bridgehead atoms. The molecule has 1 N–H and O–H groups in total. The van der Waals surface area contributed by atoms with Crippen LogP contribution in [0.2, 0.25) is 0 Å². The minimum atomic E-state index is -0.531. The Morgan fingerprint density at radius 2 is 2.11 bits per heavy atom. The molecule has 1 aliphatic rings. The van der Waals surface area contributed by atoms with Crippen molar-refractivity contribution in [3.8, 4) is 0 Å². The Morgan fingerprint density at radius 1 is 1.42 bits per heavy atom. The third-order valence-electron chi connectivity index (χ3n) is 3.62. The van der Waals surface area contributed by atoms with Gasteiger partial charge in [0.15, 0.2) is 0 Å². The zero-order valence-electron chi connectivity index (χ0n) is 11.3. The van der Waals surface area contributed by atoms with Gasteiger partial charge >= 0.3 is 0 Å². The molecule has 19 heavy (non-hydrogen) atoms. The summed E-state index contributed by atoms with van der Waals surface area (Å²) >= 11 is 0. The number of ether oxygens (including phenoxy) is 1. The normalized spacial score (nSPS) is 22.4. The SMILES string of the molecule is CCN1CCOC(C(NC)c2c(F)cccc2F)C1. The van der Waals surface area contributed by atoms with Crippen molar-refractivity contribution in [3.63, 3.8) is 0 Å². The topological polar surface area (TPSA) is 24.5 Å². The van der Waals surface area contributed by atoms with E-state index in [0.29, 0.717) is 13.2 Å². The number of hydrogen-bond acceptors (Lipinski definition) is 3. The van der Waals surface area contributed by atoms with Gasteiger partial charge in [-0.05, 0) is 25.7 Å². The molecule has 5 heteroatoms. The molecule has 1 heterocycles. The van der Waals surface area contributed by atoms with E-state index in [9.17, 15) is 8.78 Å². The molecule has 0 saturated carbocycles. The van der Waals surface area contributed by atoms with Crippen LogP contribution < -0.4 is 5.32 Å². The van der Waals surface area contributed by atoms with E-state index in [1.165, 1.54) is 18.2 Å². The Hall–Kier alpha value is -1.04. The van der Waals surface area contributed by atoms with Crippen molar-refractivity contribution in [1.82, 2.24) is 10.2 Å². The Labute approximate surface area is 112 Å².